The Morgan fingerprint density at radius 1 is 1.00 bits per heavy atom. The lowest BCUT2D eigenvalue weighted by atomic mass is 9.94. The lowest BCUT2D eigenvalue weighted by molar-refractivity contribution is 0.477. The fourth-order valence-corrected chi connectivity index (χ4v) is 4.03. The van der Waals surface area contributed by atoms with E-state index in [4.69, 9.17) is 0 Å². The summed E-state index contributed by atoms with van der Waals surface area (Å²) in [4.78, 5) is 0. The first kappa shape index (κ1) is 14.8. The molecule has 24 heavy (non-hydrogen) atoms. The SMILES string of the molecule is Cc1ccc(-c2csc3c2C(O)=C(c2ccccc2)CN3)c(O)c1. The largest absolute Gasteiger partial charge is 0.507 e. The van der Waals surface area contributed by atoms with Crippen molar-refractivity contribution in [2.45, 2.75) is 6.92 Å². The molecule has 0 unspecified atom stereocenters. The summed E-state index contributed by atoms with van der Waals surface area (Å²) in [5.74, 6) is 0.515. The van der Waals surface area contributed by atoms with Crippen molar-refractivity contribution < 1.29 is 10.2 Å². The molecule has 4 rings (SSSR count). The van der Waals surface area contributed by atoms with Gasteiger partial charge in [0.05, 0.1) is 5.56 Å². The molecule has 2 heterocycles. The molecule has 3 nitrogen and oxygen atoms in total. The first-order chi connectivity index (χ1) is 11.6. The lowest BCUT2D eigenvalue weighted by Gasteiger charge is -2.20. The number of aliphatic hydroxyl groups is 1. The van der Waals surface area contributed by atoms with Gasteiger partial charge in [-0.2, -0.15) is 0 Å². The highest BCUT2D eigenvalue weighted by Gasteiger charge is 2.25. The molecular weight excluding hydrogens is 318 g/mol. The molecule has 3 aromatic rings. The number of aromatic hydroxyl groups is 1. The van der Waals surface area contributed by atoms with Gasteiger partial charge in [-0.1, -0.05) is 42.5 Å². The highest BCUT2D eigenvalue weighted by Crippen LogP contribution is 2.46. The summed E-state index contributed by atoms with van der Waals surface area (Å²) in [6, 6.07) is 15.5. The Hall–Kier alpha value is -2.72. The second-order valence-electron chi connectivity index (χ2n) is 5.92. The fourth-order valence-electron chi connectivity index (χ4n) is 3.07. The van der Waals surface area contributed by atoms with E-state index in [1.165, 1.54) is 0 Å². The van der Waals surface area contributed by atoms with Gasteiger partial charge in [0.15, 0.2) is 0 Å². The van der Waals surface area contributed by atoms with Crippen LogP contribution in [0.2, 0.25) is 0 Å². The second kappa shape index (κ2) is 5.73. The predicted molar refractivity (Wildman–Crippen MR) is 101 cm³/mol. The van der Waals surface area contributed by atoms with Crippen LogP contribution in [0.3, 0.4) is 0 Å². The molecule has 1 aliphatic heterocycles. The molecule has 0 bridgehead atoms. The van der Waals surface area contributed by atoms with E-state index in [1.54, 1.807) is 17.4 Å². The molecule has 0 aliphatic carbocycles. The zero-order valence-corrected chi connectivity index (χ0v) is 14.0. The Morgan fingerprint density at radius 3 is 2.54 bits per heavy atom. The van der Waals surface area contributed by atoms with E-state index >= 15 is 0 Å². The highest BCUT2D eigenvalue weighted by molar-refractivity contribution is 7.15. The Bertz CT molecular complexity index is 942. The van der Waals surface area contributed by atoms with E-state index in [0.717, 1.165) is 38.4 Å². The van der Waals surface area contributed by atoms with Crippen LogP contribution in [0.5, 0.6) is 5.75 Å². The third-order valence-corrected chi connectivity index (χ3v) is 5.24. The van der Waals surface area contributed by atoms with Gasteiger partial charge < -0.3 is 15.5 Å². The Labute approximate surface area is 144 Å². The molecule has 3 N–H and O–H groups in total. The van der Waals surface area contributed by atoms with Crippen LogP contribution in [0.25, 0.3) is 22.5 Å². The van der Waals surface area contributed by atoms with Crippen molar-refractivity contribution in [3.05, 3.63) is 70.6 Å². The number of fused-ring (bicyclic) bond motifs is 1. The molecule has 0 fully saturated rings. The summed E-state index contributed by atoms with van der Waals surface area (Å²) >= 11 is 1.54. The number of nitrogens with one attached hydrogen (secondary N) is 1. The average molecular weight is 335 g/mol. The minimum absolute atomic E-state index is 0.232. The molecule has 1 aromatic heterocycles. The van der Waals surface area contributed by atoms with E-state index < -0.39 is 0 Å². The minimum Gasteiger partial charge on any atom is -0.507 e. The van der Waals surface area contributed by atoms with Crippen LogP contribution in [-0.4, -0.2) is 16.8 Å². The van der Waals surface area contributed by atoms with Crippen molar-refractivity contribution in [1.29, 1.82) is 0 Å². The van der Waals surface area contributed by atoms with Crippen LogP contribution in [0.15, 0.2) is 53.9 Å². The van der Waals surface area contributed by atoms with Gasteiger partial charge in [-0.05, 0) is 24.1 Å². The number of rotatable bonds is 2. The normalized spacial score (nSPS) is 13.5. The maximum Gasteiger partial charge on any atom is 0.131 e. The molecule has 0 spiro atoms. The average Bonchev–Trinajstić information content (AvgIpc) is 3.01. The zero-order valence-electron chi connectivity index (χ0n) is 13.2. The summed E-state index contributed by atoms with van der Waals surface area (Å²) in [6.07, 6.45) is 0. The molecule has 0 saturated carbocycles. The standard InChI is InChI=1S/C20H17NO2S/c1-12-7-8-14(17(22)9-12)16-11-24-20-18(16)19(23)15(10-21-20)13-5-3-2-4-6-13/h2-9,11,21-23H,10H2,1H3. The summed E-state index contributed by atoms with van der Waals surface area (Å²) in [5.41, 5.74) is 5.23. The first-order valence-corrected chi connectivity index (χ1v) is 8.66. The predicted octanol–water partition coefficient (Wildman–Crippen LogP) is 5.28. The number of aliphatic hydroxyl groups excluding tert-OH is 1. The van der Waals surface area contributed by atoms with Crippen molar-refractivity contribution in [3.8, 4) is 16.9 Å². The molecular formula is C20H17NO2S. The van der Waals surface area contributed by atoms with E-state index in [0.29, 0.717) is 6.54 Å². The van der Waals surface area contributed by atoms with Crippen LogP contribution < -0.4 is 5.32 Å². The Balaban J connectivity index is 1.89. The van der Waals surface area contributed by atoms with Crippen molar-refractivity contribution >= 4 is 27.7 Å². The molecule has 0 saturated heterocycles. The lowest BCUT2D eigenvalue weighted by Crippen LogP contribution is -2.12. The number of hydrogen-bond donors (Lipinski definition) is 3. The van der Waals surface area contributed by atoms with Crippen molar-refractivity contribution in [2.24, 2.45) is 0 Å². The number of anilines is 1. The van der Waals surface area contributed by atoms with Crippen LogP contribution in [-0.2, 0) is 0 Å². The molecule has 2 aromatic carbocycles. The quantitative estimate of drug-likeness (QED) is 0.597. The van der Waals surface area contributed by atoms with Gasteiger partial charge in [-0.3, -0.25) is 0 Å². The zero-order chi connectivity index (χ0) is 16.7. The van der Waals surface area contributed by atoms with E-state index in [9.17, 15) is 10.2 Å². The first-order valence-electron chi connectivity index (χ1n) is 7.78. The van der Waals surface area contributed by atoms with Gasteiger partial charge in [0.25, 0.3) is 0 Å². The fraction of sp³-hybridized carbons (Fsp3) is 0.100. The smallest absolute Gasteiger partial charge is 0.131 e. The van der Waals surface area contributed by atoms with E-state index in [-0.39, 0.29) is 11.5 Å². The number of thiophene rings is 1. The van der Waals surface area contributed by atoms with Crippen molar-refractivity contribution in [3.63, 3.8) is 0 Å². The summed E-state index contributed by atoms with van der Waals surface area (Å²) < 4.78 is 0. The van der Waals surface area contributed by atoms with Crippen LogP contribution in [0.1, 0.15) is 16.7 Å². The second-order valence-corrected chi connectivity index (χ2v) is 6.80. The number of benzene rings is 2. The van der Waals surface area contributed by atoms with Gasteiger partial charge in [-0.25, -0.2) is 0 Å². The molecule has 0 radical (unpaired) electrons. The van der Waals surface area contributed by atoms with Crippen LogP contribution in [0.4, 0.5) is 5.00 Å². The van der Waals surface area contributed by atoms with Crippen molar-refractivity contribution in [1.82, 2.24) is 0 Å². The third-order valence-electron chi connectivity index (χ3n) is 4.31. The topological polar surface area (TPSA) is 52.5 Å². The number of hydrogen-bond acceptors (Lipinski definition) is 4. The third kappa shape index (κ3) is 2.36. The van der Waals surface area contributed by atoms with Crippen LogP contribution in [0, 0.1) is 6.92 Å². The molecule has 120 valence electrons. The summed E-state index contributed by atoms with van der Waals surface area (Å²) in [6.45, 7) is 2.53. The van der Waals surface area contributed by atoms with E-state index in [2.05, 4.69) is 5.32 Å². The van der Waals surface area contributed by atoms with E-state index in [1.807, 2.05) is 54.8 Å². The Kier molecular flexibility index (Phi) is 3.54. The van der Waals surface area contributed by atoms with Gasteiger partial charge in [0.1, 0.15) is 16.5 Å². The van der Waals surface area contributed by atoms with Gasteiger partial charge in [0.2, 0.25) is 0 Å². The monoisotopic (exact) mass is 335 g/mol. The number of phenolic OH excluding ortho intramolecular Hbond substituents is 1. The van der Waals surface area contributed by atoms with Crippen molar-refractivity contribution in [2.75, 3.05) is 11.9 Å². The molecule has 1 aliphatic rings. The van der Waals surface area contributed by atoms with Crippen LogP contribution >= 0.6 is 11.3 Å². The molecule has 4 heteroatoms. The number of aryl methyl sites for hydroxylation is 1. The van der Waals surface area contributed by atoms with Gasteiger partial charge in [0, 0.05) is 28.6 Å². The maximum absolute atomic E-state index is 10.9. The minimum atomic E-state index is 0.232. The summed E-state index contributed by atoms with van der Waals surface area (Å²) in [5, 5.41) is 27.5. The van der Waals surface area contributed by atoms with Gasteiger partial charge in [-0.15, -0.1) is 11.3 Å². The molecule has 0 atom stereocenters. The van der Waals surface area contributed by atoms with Gasteiger partial charge >= 0.3 is 0 Å². The summed E-state index contributed by atoms with van der Waals surface area (Å²) in [7, 11) is 0. The maximum atomic E-state index is 10.9. The Morgan fingerprint density at radius 2 is 1.79 bits per heavy atom. The molecule has 0 amide bonds. The highest BCUT2D eigenvalue weighted by atomic mass is 32.1. The number of phenols is 1.